The minimum atomic E-state index is 0.100. The number of hydrogen-bond donors (Lipinski definition) is 1. The summed E-state index contributed by atoms with van der Waals surface area (Å²) in [4.78, 5) is 15.4. The lowest BCUT2D eigenvalue weighted by atomic mass is 10.3. The van der Waals surface area contributed by atoms with Crippen molar-refractivity contribution in [2.24, 2.45) is 0 Å². The number of imidazole rings is 1. The Morgan fingerprint density at radius 3 is 3.00 bits per heavy atom. The first-order valence-electron chi connectivity index (χ1n) is 5.04. The summed E-state index contributed by atoms with van der Waals surface area (Å²) in [5, 5.41) is 2.77. The van der Waals surface area contributed by atoms with Gasteiger partial charge in [0, 0.05) is 38.3 Å². The van der Waals surface area contributed by atoms with Crippen molar-refractivity contribution in [1.82, 2.24) is 14.9 Å². The molecule has 0 fully saturated rings. The van der Waals surface area contributed by atoms with Gasteiger partial charge < -0.3 is 9.88 Å². The Kier molecular flexibility index (Phi) is 4.16. The highest BCUT2D eigenvalue weighted by Gasteiger charge is 2.03. The predicted molar refractivity (Wildman–Crippen MR) is 54.9 cm³/mol. The van der Waals surface area contributed by atoms with Gasteiger partial charge in [0.15, 0.2) is 0 Å². The molecule has 0 atom stereocenters. The van der Waals surface area contributed by atoms with Gasteiger partial charge in [-0.1, -0.05) is 6.92 Å². The second-order valence-electron chi connectivity index (χ2n) is 3.09. The number of nitrogens with zero attached hydrogens (tertiary/aromatic N) is 2. The third-order valence-corrected chi connectivity index (χ3v) is 2.07. The first-order chi connectivity index (χ1) is 6.77. The molecule has 1 rings (SSSR count). The Bertz CT molecular complexity index is 293. The Morgan fingerprint density at radius 1 is 1.57 bits per heavy atom. The van der Waals surface area contributed by atoms with Gasteiger partial charge in [0.05, 0.1) is 0 Å². The maximum Gasteiger partial charge on any atom is 0.221 e. The minimum Gasteiger partial charge on any atom is -0.356 e. The van der Waals surface area contributed by atoms with Crippen molar-refractivity contribution < 1.29 is 4.79 Å². The summed E-state index contributed by atoms with van der Waals surface area (Å²) in [7, 11) is 0. The molecule has 1 aromatic heterocycles. The summed E-state index contributed by atoms with van der Waals surface area (Å²) >= 11 is 0. The van der Waals surface area contributed by atoms with E-state index in [-0.39, 0.29) is 5.91 Å². The Labute approximate surface area is 84.3 Å². The Morgan fingerprint density at radius 2 is 2.36 bits per heavy atom. The van der Waals surface area contributed by atoms with E-state index in [0.717, 1.165) is 18.8 Å². The zero-order chi connectivity index (χ0) is 10.4. The maximum atomic E-state index is 11.2. The summed E-state index contributed by atoms with van der Waals surface area (Å²) in [6, 6.07) is 0. The van der Waals surface area contributed by atoms with Crippen molar-refractivity contribution in [1.29, 1.82) is 0 Å². The van der Waals surface area contributed by atoms with E-state index in [4.69, 9.17) is 0 Å². The van der Waals surface area contributed by atoms with Crippen LogP contribution in [0, 0.1) is 0 Å². The molecule has 0 unspecified atom stereocenters. The number of nitrogens with one attached hydrogen (secondary N) is 1. The number of hydrogen-bond acceptors (Lipinski definition) is 2. The molecule has 1 heterocycles. The highest BCUT2D eigenvalue weighted by molar-refractivity contribution is 5.75. The van der Waals surface area contributed by atoms with Gasteiger partial charge in [-0.15, -0.1) is 0 Å². The molecule has 1 N–H and O–H groups in total. The monoisotopic (exact) mass is 195 g/mol. The average Bonchev–Trinajstić information content (AvgIpc) is 2.62. The van der Waals surface area contributed by atoms with Crippen LogP contribution in [0.3, 0.4) is 0 Å². The third-order valence-electron chi connectivity index (χ3n) is 2.07. The summed E-state index contributed by atoms with van der Waals surface area (Å²) in [6.07, 6.45) is 5.12. The van der Waals surface area contributed by atoms with Crippen molar-refractivity contribution in [2.45, 2.75) is 33.2 Å². The number of rotatable bonds is 5. The molecule has 14 heavy (non-hydrogen) atoms. The number of carbonyl (C=O) groups is 1. The van der Waals surface area contributed by atoms with E-state index < -0.39 is 0 Å². The summed E-state index contributed by atoms with van der Waals surface area (Å²) in [5.41, 5.74) is 0. The largest absolute Gasteiger partial charge is 0.356 e. The summed E-state index contributed by atoms with van der Waals surface area (Å²) in [5.74, 6) is 1.14. The fourth-order valence-corrected chi connectivity index (χ4v) is 1.37. The second-order valence-corrected chi connectivity index (χ2v) is 3.09. The summed E-state index contributed by atoms with van der Waals surface area (Å²) < 4.78 is 2.02. The van der Waals surface area contributed by atoms with Gasteiger partial charge >= 0.3 is 0 Å². The van der Waals surface area contributed by atoms with E-state index in [2.05, 4.69) is 17.2 Å². The molecule has 0 bridgehead atoms. The topological polar surface area (TPSA) is 46.9 Å². The molecule has 4 heteroatoms. The van der Waals surface area contributed by atoms with Crippen LogP contribution >= 0.6 is 0 Å². The predicted octanol–water partition coefficient (Wildman–Crippen LogP) is 0.972. The molecule has 0 saturated heterocycles. The van der Waals surface area contributed by atoms with Gasteiger partial charge in [0.2, 0.25) is 5.91 Å². The van der Waals surface area contributed by atoms with Crippen LogP contribution < -0.4 is 5.32 Å². The van der Waals surface area contributed by atoms with Crippen molar-refractivity contribution in [3.63, 3.8) is 0 Å². The van der Waals surface area contributed by atoms with E-state index >= 15 is 0 Å². The quantitative estimate of drug-likeness (QED) is 0.761. The van der Waals surface area contributed by atoms with Gasteiger partial charge in [-0.3, -0.25) is 4.79 Å². The van der Waals surface area contributed by atoms with Gasteiger partial charge in [-0.25, -0.2) is 4.98 Å². The lowest BCUT2D eigenvalue weighted by Gasteiger charge is -2.05. The molecule has 0 spiro atoms. The molecular weight excluding hydrogens is 178 g/mol. The normalized spacial score (nSPS) is 10.1. The first kappa shape index (κ1) is 10.8. The summed E-state index contributed by atoms with van der Waals surface area (Å²) in [6.45, 7) is 5.40. The fourth-order valence-electron chi connectivity index (χ4n) is 1.37. The molecular formula is C10H17N3O. The maximum absolute atomic E-state index is 11.2. The third kappa shape index (κ3) is 2.87. The Balaban J connectivity index is 2.41. The molecule has 0 radical (unpaired) electrons. The van der Waals surface area contributed by atoms with Crippen molar-refractivity contribution >= 4 is 5.91 Å². The lowest BCUT2D eigenvalue weighted by Crippen LogP contribution is -2.23. The molecule has 0 saturated carbocycles. The molecule has 0 aliphatic rings. The molecule has 0 aromatic carbocycles. The van der Waals surface area contributed by atoms with Crippen LogP contribution in [0.15, 0.2) is 12.4 Å². The van der Waals surface area contributed by atoms with E-state index in [1.807, 2.05) is 17.7 Å². The molecule has 0 aliphatic carbocycles. The minimum absolute atomic E-state index is 0.100. The molecule has 1 aromatic rings. The van der Waals surface area contributed by atoms with Gasteiger partial charge in [0.25, 0.3) is 0 Å². The highest BCUT2D eigenvalue weighted by Crippen LogP contribution is 1.99. The molecule has 4 nitrogen and oxygen atoms in total. The Hall–Kier alpha value is -1.32. The first-order valence-corrected chi connectivity index (χ1v) is 5.04. The van der Waals surface area contributed by atoms with E-state index in [1.165, 1.54) is 0 Å². The zero-order valence-corrected chi connectivity index (χ0v) is 8.79. The number of aryl methyl sites for hydroxylation is 2. The molecule has 0 aliphatic heterocycles. The van der Waals surface area contributed by atoms with Gasteiger partial charge in [-0.05, 0) is 6.92 Å². The SMILES string of the molecule is CCNC(=O)CCn1ccnc1CC. The van der Waals surface area contributed by atoms with Crippen LogP contribution in [-0.4, -0.2) is 22.0 Å². The van der Waals surface area contributed by atoms with Crippen LogP contribution in [0.4, 0.5) is 0 Å². The number of aromatic nitrogens is 2. The fraction of sp³-hybridized carbons (Fsp3) is 0.600. The van der Waals surface area contributed by atoms with Crippen LogP contribution in [0.25, 0.3) is 0 Å². The van der Waals surface area contributed by atoms with Crippen LogP contribution in [-0.2, 0) is 17.8 Å². The van der Waals surface area contributed by atoms with Crippen molar-refractivity contribution in [3.8, 4) is 0 Å². The number of carbonyl (C=O) groups excluding carboxylic acids is 1. The number of amides is 1. The average molecular weight is 195 g/mol. The zero-order valence-electron chi connectivity index (χ0n) is 8.79. The van der Waals surface area contributed by atoms with Gasteiger partial charge in [-0.2, -0.15) is 0 Å². The molecule has 1 amide bonds. The molecule has 78 valence electrons. The van der Waals surface area contributed by atoms with Crippen molar-refractivity contribution in [3.05, 3.63) is 18.2 Å². The van der Waals surface area contributed by atoms with E-state index in [0.29, 0.717) is 13.0 Å². The smallest absolute Gasteiger partial charge is 0.221 e. The van der Waals surface area contributed by atoms with E-state index in [1.54, 1.807) is 6.20 Å². The standard InChI is InChI=1S/C10H17N3O/c1-3-9-12-6-8-13(9)7-5-10(14)11-4-2/h6,8H,3-5,7H2,1-2H3,(H,11,14). The van der Waals surface area contributed by atoms with Crippen LogP contribution in [0.5, 0.6) is 0 Å². The van der Waals surface area contributed by atoms with Gasteiger partial charge in [0.1, 0.15) is 5.82 Å². The lowest BCUT2D eigenvalue weighted by molar-refractivity contribution is -0.121. The van der Waals surface area contributed by atoms with Crippen molar-refractivity contribution in [2.75, 3.05) is 6.54 Å². The van der Waals surface area contributed by atoms with E-state index in [9.17, 15) is 4.79 Å². The second kappa shape index (κ2) is 5.42. The van der Waals surface area contributed by atoms with Crippen LogP contribution in [0.2, 0.25) is 0 Å². The van der Waals surface area contributed by atoms with Crippen LogP contribution in [0.1, 0.15) is 26.1 Å². The highest BCUT2D eigenvalue weighted by atomic mass is 16.1.